The fraction of sp³-hybridized carbons (Fsp3) is 0.913. The van der Waals surface area contributed by atoms with Crippen molar-refractivity contribution in [2.24, 2.45) is 34.5 Å². The number of ether oxygens (including phenoxy) is 1. The standard InChI is InChI=1S/C23H36O4/c1-14(24)23(26)12-9-20-18-6-5-16-13-17(27-15(2)25)7-10-21(16,3)19(18)8-11-22(20,23)4/h16-20,26H,5-13H2,1-4H3/t16-,17+,18+,19+,20-,21-,22+,23-/m0/s1. The average Bonchev–Trinajstić information content (AvgIpc) is 2.87. The molecule has 0 unspecified atom stereocenters. The van der Waals surface area contributed by atoms with Gasteiger partial charge in [0.25, 0.3) is 0 Å². The Bertz CT molecular complexity index is 644. The Labute approximate surface area is 163 Å². The molecular weight excluding hydrogens is 340 g/mol. The predicted octanol–water partition coefficient (Wildman–Crippen LogP) is 4.28. The summed E-state index contributed by atoms with van der Waals surface area (Å²) in [7, 11) is 0. The Morgan fingerprint density at radius 3 is 2.30 bits per heavy atom. The van der Waals surface area contributed by atoms with Gasteiger partial charge < -0.3 is 9.84 Å². The number of esters is 1. The van der Waals surface area contributed by atoms with Gasteiger partial charge in [0.05, 0.1) is 0 Å². The highest BCUT2D eigenvalue weighted by Crippen LogP contribution is 2.68. The van der Waals surface area contributed by atoms with Crippen LogP contribution >= 0.6 is 0 Å². The minimum atomic E-state index is -1.12. The van der Waals surface area contributed by atoms with Crippen LogP contribution in [0, 0.1) is 34.5 Å². The van der Waals surface area contributed by atoms with Crippen LogP contribution in [0.5, 0.6) is 0 Å². The zero-order chi connectivity index (χ0) is 19.6. The molecule has 0 heterocycles. The van der Waals surface area contributed by atoms with Crippen LogP contribution in [0.3, 0.4) is 0 Å². The fourth-order valence-electron chi connectivity index (χ4n) is 8.15. The van der Waals surface area contributed by atoms with E-state index in [0.29, 0.717) is 35.5 Å². The van der Waals surface area contributed by atoms with Gasteiger partial charge >= 0.3 is 5.97 Å². The summed E-state index contributed by atoms with van der Waals surface area (Å²) in [5.41, 5.74) is -1.05. The Kier molecular flexibility index (Phi) is 4.53. The molecule has 0 aromatic rings. The first-order valence-corrected chi connectivity index (χ1v) is 11.0. The summed E-state index contributed by atoms with van der Waals surface area (Å²) in [5, 5.41) is 11.2. The molecule has 1 N–H and O–H groups in total. The second-order valence-electron chi connectivity index (χ2n) is 10.6. The quantitative estimate of drug-likeness (QED) is 0.731. The summed E-state index contributed by atoms with van der Waals surface area (Å²) in [4.78, 5) is 23.7. The molecule has 4 rings (SSSR count). The van der Waals surface area contributed by atoms with Gasteiger partial charge in [-0.3, -0.25) is 9.59 Å². The van der Waals surface area contributed by atoms with E-state index < -0.39 is 5.60 Å². The van der Waals surface area contributed by atoms with E-state index in [1.54, 1.807) is 6.92 Å². The molecule has 4 aliphatic rings. The third-order valence-electron chi connectivity index (χ3n) is 9.68. The van der Waals surface area contributed by atoms with E-state index in [4.69, 9.17) is 4.74 Å². The maximum Gasteiger partial charge on any atom is 0.302 e. The molecule has 152 valence electrons. The molecule has 4 fully saturated rings. The lowest BCUT2D eigenvalue weighted by Crippen LogP contribution is -2.58. The maximum atomic E-state index is 12.3. The third-order valence-corrected chi connectivity index (χ3v) is 9.68. The number of carbonyl (C=O) groups excluding carboxylic acids is 2. The first kappa shape index (κ1) is 19.4. The number of rotatable bonds is 2. The maximum absolute atomic E-state index is 12.3. The topological polar surface area (TPSA) is 63.6 Å². The van der Waals surface area contributed by atoms with Crippen LogP contribution in [0.4, 0.5) is 0 Å². The van der Waals surface area contributed by atoms with E-state index in [9.17, 15) is 14.7 Å². The Morgan fingerprint density at radius 1 is 0.926 bits per heavy atom. The number of hydrogen-bond donors (Lipinski definition) is 1. The predicted molar refractivity (Wildman–Crippen MR) is 103 cm³/mol. The Morgan fingerprint density at radius 2 is 1.63 bits per heavy atom. The molecule has 0 aromatic carbocycles. The van der Waals surface area contributed by atoms with Crippen molar-refractivity contribution < 1.29 is 19.4 Å². The zero-order valence-corrected chi connectivity index (χ0v) is 17.4. The molecule has 4 nitrogen and oxygen atoms in total. The molecule has 8 atom stereocenters. The van der Waals surface area contributed by atoms with Crippen LogP contribution in [-0.2, 0) is 14.3 Å². The van der Waals surface area contributed by atoms with E-state index in [0.717, 1.165) is 38.5 Å². The van der Waals surface area contributed by atoms with E-state index in [2.05, 4.69) is 13.8 Å². The molecule has 0 radical (unpaired) electrons. The van der Waals surface area contributed by atoms with E-state index >= 15 is 0 Å². The molecule has 0 amide bonds. The van der Waals surface area contributed by atoms with Gasteiger partial charge in [0.15, 0.2) is 5.78 Å². The highest BCUT2D eigenvalue weighted by Gasteiger charge is 2.66. The van der Waals surface area contributed by atoms with Crippen molar-refractivity contribution in [1.82, 2.24) is 0 Å². The molecule has 4 saturated carbocycles. The Balaban J connectivity index is 1.56. The van der Waals surface area contributed by atoms with Gasteiger partial charge in [-0.05, 0) is 93.8 Å². The first-order chi connectivity index (χ1) is 12.6. The van der Waals surface area contributed by atoms with Gasteiger partial charge in [0.1, 0.15) is 11.7 Å². The number of aliphatic hydroxyl groups is 1. The molecule has 27 heavy (non-hydrogen) atoms. The smallest absolute Gasteiger partial charge is 0.302 e. The van der Waals surface area contributed by atoms with Crippen molar-refractivity contribution in [2.45, 2.75) is 97.2 Å². The molecular formula is C23H36O4. The molecule has 0 bridgehead atoms. The lowest BCUT2D eigenvalue weighted by Gasteiger charge is -2.61. The van der Waals surface area contributed by atoms with Crippen molar-refractivity contribution in [1.29, 1.82) is 0 Å². The molecule has 4 aliphatic carbocycles. The van der Waals surface area contributed by atoms with E-state index in [1.165, 1.54) is 19.8 Å². The van der Waals surface area contributed by atoms with Crippen LogP contribution in [-0.4, -0.2) is 28.6 Å². The van der Waals surface area contributed by atoms with Crippen LogP contribution in [0.1, 0.15) is 85.5 Å². The summed E-state index contributed by atoms with van der Waals surface area (Å²) < 4.78 is 5.55. The van der Waals surface area contributed by atoms with E-state index in [-0.39, 0.29) is 23.3 Å². The SMILES string of the molecule is CC(=O)O[C@@H]1CC[C@@]2(C)[C@@H](CC[C@@H]3[C@H]2CC[C@]2(C)[C@H]3CC[C@]2(O)C(C)=O)C1. The minimum absolute atomic E-state index is 0.0345. The number of fused-ring (bicyclic) bond motifs is 5. The molecule has 0 saturated heterocycles. The third kappa shape index (κ3) is 2.65. The van der Waals surface area contributed by atoms with Crippen molar-refractivity contribution in [3.8, 4) is 0 Å². The van der Waals surface area contributed by atoms with Gasteiger partial charge in [-0.2, -0.15) is 0 Å². The number of carbonyl (C=O) groups is 2. The summed E-state index contributed by atoms with van der Waals surface area (Å²) in [5.74, 6) is 2.22. The van der Waals surface area contributed by atoms with Gasteiger partial charge in [-0.1, -0.05) is 13.8 Å². The fourth-order valence-corrected chi connectivity index (χ4v) is 8.15. The number of ketones is 1. The number of Topliss-reactive ketones (excluding diaryl/α,β-unsaturated/α-hetero) is 1. The summed E-state index contributed by atoms with van der Waals surface area (Å²) in [6.45, 7) is 7.76. The molecule has 0 aliphatic heterocycles. The van der Waals surface area contributed by atoms with Crippen LogP contribution in [0.25, 0.3) is 0 Å². The summed E-state index contributed by atoms with van der Waals surface area (Å²) >= 11 is 0. The average molecular weight is 377 g/mol. The summed E-state index contributed by atoms with van der Waals surface area (Å²) in [6.07, 6.45) is 9.34. The summed E-state index contributed by atoms with van der Waals surface area (Å²) in [6, 6.07) is 0. The lowest BCUT2D eigenvalue weighted by molar-refractivity contribution is -0.175. The van der Waals surface area contributed by atoms with Crippen molar-refractivity contribution in [3.63, 3.8) is 0 Å². The van der Waals surface area contributed by atoms with Crippen molar-refractivity contribution in [3.05, 3.63) is 0 Å². The first-order valence-electron chi connectivity index (χ1n) is 11.0. The Hall–Kier alpha value is -0.900. The lowest BCUT2D eigenvalue weighted by atomic mass is 9.44. The molecule has 0 aromatic heterocycles. The van der Waals surface area contributed by atoms with Crippen molar-refractivity contribution >= 4 is 11.8 Å². The normalized spacial score (nSPS) is 51.7. The van der Waals surface area contributed by atoms with Crippen LogP contribution in [0.15, 0.2) is 0 Å². The van der Waals surface area contributed by atoms with Gasteiger partial charge in [0.2, 0.25) is 0 Å². The highest BCUT2D eigenvalue weighted by molar-refractivity contribution is 5.86. The second-order valence-corrected chi connectivity index (χ2v) is 10.6. The van der Waals surface area contributed by atoms with Gasteiger partial charge in [-0.15, -0.1) is 0 Å². The molecule has 0 spiro atoms. The number of hydrogen-bond acceptors (Lipinski definition) is 4. The van der Waals surface area contributed by atoms with Crippen LogP contribution < -0.4 is 0 Å². The van der Waals surface area contributed by atoms with Crippen LogP contribution in [0.2, 0.25) is 0 Å². The largest absolute Gasteiger partial charge is 0.463 e. The zero-order valence-electron chi connectivity index (χ0n) is 17.4. The van der Waals surface area contributed by atoms with Gasteiger partial charge in [0, 0.05) is 12.3 Å². The van der Waals surface area contributed by atoms with Crippen molar-refractivity contribution in [2.75, 3.05) is 0 Å². The van der Waals surface area contributed by atoms with E-state index in [1.807, 2.05) is 0 Å². The minimum Gasteiger partial charge on any atom is -0.463 e. The monoisotopic (exact) mass is 376 g/mol. The van der Waals surface area contributed by atoms with Gasteiger partial charge in [-0.25, -0.2) is 0 Å². The molecule has 4 heteroatoms. The second kappa shape index (κ2) is 6.30. The highest BCUT2D eigenvalue weighted by atomic mass is 16.5.